The lowest BCUT2D eigenvalue weighted by Crippen LogP contribution is -2.28. The molecule has 0 unspecified atom stereocenters. The molecule has 0 aliphatic carbocycles. The van der Waals surface area contributed by atoms with Crippen LogP contribution in [0, 0.1) is 0 Å². The van der Waals surface area contributed by atoms with E-state index in [2.05, 4.69) is 5.32 Å². The zero-order valence-corrected chi connectivity index (χ0v) is 13.1. The molecule has 1 aliphatic heterocycles. The first kappa shape index (κ1) is 15.1. The van der Waals surface area contributed by atoms with Gasteiger partial charge in [-0.25, -0.2) is 0 Å². The Hall–Kier alpha value is -2.82. The molecule has 2 amide bonds. The molecule has 3 rings (SSSR count). The summed E-state index contributed by atoms with van der Waals surface area (Å²) in [6.07, 6.45) is 0.809. The average molecular weight is 310 g/mol. The van der Waals surface area contributed by atoms with Crippen molar-refractivity contribution in [2.24, 2.45) is 0 Å². The van der Waals surface area contributed by atoms with Crippen molar-refractivity contribution in [2.45, 2.75) is 13.3 Å². The normalized spacial score (nSPS) is 12.7. The molecule has 1 aliphatic rings. The summed E-state index contributed by atoms with van der Waals surface area (Å²) >= 11 is 0. The van der Waals surface area contributed by atoms with Crippen molar-refractivity contribution in [2.75, 3.05) is 23.9 Å². The predicted octanol–water partition coefficient (Wildman–Crippen LogP) is 2.86. The monoisotopic (exact) mass is 310 g/mol. The van der Waals surface area contributed by atoms with E-state index >= 15 is 0 Å². The molecule has 0 bridgehead atoms. The fourth-order valence-electron chi connectivity index (χ4n) is 2.81. The van der Waals surface area contributed by atoms with Gasteiger partial charge in [-0.15, -0.1) is 0 Å². The van der Waals surface area contributed by atoms with E-state index in [-0.39, 0.29) is 11.8 Å². The van der Waals surface area contributed by atoms with E-state index in [0.29, 0.717) is 17.8 Å². The summed E-state index contributed by atoms with van der Waals surface area (Å²) in [4.78, 5) is 25.7. The van der Waals surface area contributed by atoms with Crippen molar-refractivity contribution in [3.63, 3.8) is 0 Å². The van der Waals surface area contributed by atoms with E-state index in [9.17, 15) is 9.59 Å². The smallest absolute Gasteiger partial charge is 0.258 e. The number of ether oxygens (including phenoxy) is 1. The number of anilines is 2. The van der Waals surface area contributed by atoms with Crippen LogP contribution in [0.3, 0.4) is 0 Å². The minimum absolute atomic E-state index is 0.0684. The van der Waals surface area contributed by atoms with Crippen LogP contribution < -0.4 is 15.0 Å². The topological polar surface area (TPSA) is 58.6 Å². The second-order valence-electron chi connectivity index (χ2n) is 5.46. The van der Waals surface area contributed by atoms with E-state index in [4.69, 9.17) is 4.74 Å². The fourth-order valence-corrected chi connectivity index (χ4v) is 2.81. The van der Waals surface area contributed by atoms with E-state index in [1.165, 1.54) is 6.92 Å². The van der Waals surface area contributed by atoms with Crippen LogP contribution in [0.15, 0.2) is 42.5 Å². The van der Waals surface area contributed by atoms with Crippen molar-refractivity contribution in [1.82, 2.24) is 0 Å². The predicted molar refractivity (Wildman–Crippen MR) is 89.1 cm³/mol. The van der Waals surface area contributed by atoms with Gasteiger partial charge in [0.15, 0.2) is 0 Å². The largest absolute Gasteiger partial charge is 0.497 e. The molecule has 0 saturated carbocycles. The van der Waals surface area contributed by atoms with Gasteiger partial charge < -0.3 is 15.0 Å². The highest BCUT2D eigenvalue weighted by Crippen LogP contribution is 2.32. The van der Waals surface area contributed by atoms with E-state index in [1.807, 2.05) is 18.2 Å². The molecule has 0 fully saturated rings. The Labute approximate surface area is 134 Å². The average Bonchev–Trinajstić information content (AvgIpc) is 2.96. The van der Waals surface area contributed by atoms with Gasteiger partial charge in [0.2, 0.25) is 5.91 Å². The number of hydrogen-bond donors (Lipinski definition) is 1. The van der Waals surface area contributed by atoms with Crippen molar-refractivity contribution in [3.8, 4) is 5.75 Å². The third-order valence-corrected chi connectivity index (χ3v) is 3.86. The molecular formula is C18H18N2O3. The summed E-state index contributed by atoms with van der Waals surface area (Å²) in [5.41, 5.74) is 3.20. The summed E-state index contributed by atoms with van der Waals surface area (Å²) in [6.45, 7) is 2.09. The lowest BCUT2D eigenvalue weighted by Gasteiger charge is -2.18. The van der Waals surface area contributed by atoms with Gasteiger partial charge in [-0.2, -0.15) is 0 Å². The first-order valence-corrected chi connectivity index (χ1v) is 7.45. The Morgan fingerprint density at radius 2 is 2.00 bits per heavy atom. The van der Waals surface area contributed by atoms with Crippen molar-refractivity contribution >= 4 is 23.2 Å². The first-order valence-electron chi connectivity index (χ1n) is 7.45. The van der Waals surface area contributed by atoms with Crippen LogP contribution in [-0.2, 0) is 11.2 Å². The van der Waals surface area contributed by atoms with Crippen LogP contribution in [0.5, 0.6) is 5.75 Å². The molecule has 0 spiro atoms. The number of amides is 2. The molecule has 2 aromatic carbocycles. The zero-order chi connectivity index (χ0) is 16.4. The van der Waals surface area contributed by atoms with Crippen molar-refractivity contribution < 1.29 is 14.3 Å². The molecule has 0 atom stereocenters. The van der Waals surface area contributed by atoms with Gasteiger partial charge in [0.25, 0.3) is 5.91 Å². The van der Waals surface area contributed by atoms with Crippen LogP contribution in [0.25, 0.3) is 0 Å². The van der Waals surface area contributed by atoms with Crippen LogP contribution in [-0.4, -0.2) is 25.5 Å². The summed E-state index contributed by atoms with van der Waals surface area (Å²) in [5.74, 6) is 0.569. The van der Waals surface area contributed by atoms with Crippen molar-refractivity contribution in [1.29, 1.82) is 0 Å². The maximum absolute atomic E-state index is 12.8. The van der Waals surface area contributed by atoms with E-state index in [1.54, 1.807) is 36.3 Å². The number of nitrogens with zero attached hydrogens (tertiary/aromatic N) is 1. The van der Waals surface area contributed by atoms with E-state index < -0.39 is 0 Å². The van der Waals surface area contributed by atoms with Crippen LogP contribution in [0.4, 0.5) is 11.4 Å². The van der Waals surface area contributed by atoms with Crippen LogP contribution in [0.1, 0.15) is 22.8 Å². The Balaban J connectivity index is 1.87. The van der Waals surface area contributed by atoms with Gasteiger partial charge in [-0.3, -0.25) is 9.59 Å². The highest BCUT2D eigenvalue weighted by molar-refractivity contribution is 6.08. The summed E-state index contributed by atoms with van der Waals surface area (Å²) < 4.78 is 5.23. The van der Waals surface area contributed by atoms with Gasteiger partial charge in [0.05, 0.1) is 7.11 Å². The number of benzene rings is 2. The first-order chi connectivity index (χ1) is 11.1. The molecule has 2 aromatic rings. The Kier molecular flexibility index (Phi) is 4.02. The molecule has 1 N–H and O–H groups in total. The molecule has 0 aromatic heterocycles. The highest BCUT2D eigenvalue weighted by atomic mass is 16.5. The van der Waals surface area contributed by atoms with Crippen LogP contribution in [0.2, 0.25) is 0 Å². The SMILES string of the molecule is COc1ccc2c(c1)CCN2C(=O)c1cccc(NC(C)=O)c1. The highest BCUT2D eigenvalue weighted by Gasteiger charge is 2.26. The molecule has 0 saturated heterocycles. The van der Waals surface area contributed by atoms with Crippen molar-refractivity contribution in [3.05, 3.63) is 53.6 Å². The molecule has 23 heavy (non-hydrogen) atoms. The maximum atomic E-state index is 12.8. The van der Waals surface area contributed by atoms with Crippen LogP contribution >= 0.6 is 0 Å². The van der Waals surface area contributed by atoms with Gasteiger partial charge >= 0.3 is 0 Å². The second kappa shape index (κ2) is 6.12. The lowest BCUT2D eigenvalue weighted by atomic mass is 10.1. The minimum Gasteiger partial charge on any atom is -0.497 e. The Morgan fingerprint density at radius 3 is 2.74 bits per heavy atom. The van der Waals surface area contributed by atoms with E-state index in [0.717, 1.165) is 23.4 Å². The second-order valence-corrected chi connectivity index (χ2v) is 5.46. The standard InChI is InChI=1S/C18H18N2O3/c1-12(21)19-15-5-3-4-14(10-15)18(22)20-9-8-13-11-16(23-2)6-7-17(13)20/h3-7,10-11H,8-9H2,1-2H3,(H,19,21). The molecule has 1 heterocycles. The fraction of sp³-hybridized carbons (Fsp3) is 0.222. The summed E-state index contributed by atoms with van der Waals surface area (Å²) in [7, 11) is 1.63. The zero-order valence-electron chi connectivity index (χ0n) is 13.1. The molecular weight excluding hydrogens is 292 g/mol. The number of fused-ring (bicyclic) bond motifs is 1. The number of nitrogens with one attached hydrogen (secondary N) is 1. The quantitative estimate of drug-likeness (QED) is 0.948. The van der Waals surface area contributed by atoms with Gasteiger partial charge in [-0.05, 0) is 48.4 Å². The minimum atomic E-state index is -0.159. The number of carbonyl (C=O) groups is 2. The maximum Gasteiger partial charge on any atom is 0.258 e. The molecule has 0 radical (unpaired) electrons. The summed E-state index contributed by atoms with van der Waals surface area (Å²) in [5, 5.41) is 2.70. The molecule has 5 nitrogen and oxygen atoms in total. The lowest BCUT2D eigenvalue weighted by molar-refractivity contribution is -0.114. The third-order valence-electron chi connectivity index (χ3n) is 3.86. The summed E-state index contributed by atoms with van der Waals surface area (Å²) in [6, 6.07) is 12.7. The third kappa shape index (κ3) is 3.04. The number of rotatable bonds is 3. The van der Waals surface area contributed by atoms with Gasteiger partial charge in [-0.1, -0.05) is 6.07 Å². The van der Waals surface area contributed by atoms with Gasteiger partial charge in [0, 0.05) is 30.4 Å². The number of hydrogen-bond acceptors (Lipinski definition) is 3. The van der Waals surface area contributed by atoms with Gasteiger partial charge in [0.1, 0.15) is 5.75 Å². The Bertz CT molecular complexity index is 771. The number of carbonyl (C=O) groups excluding carboxylic acids is 2. The number of methoxy groups -OCH3 is 1. The molecule has 118 valence electrons. The Morgan fingerprint density at radius 1 is 1.17 bits per heavy atom. The molecule has 5 heteroatoms.